The largest absolute Gasteiger partial charge is 0.478 e. The SMILES string of the molecule is CCCN1c2ccc(C=Nc3cc(C(=O)O)ccc3Cl)cc2C(C)CC1(C)C. The van der Waals surface area contributed by atoms with E-state index in [0.717, 1.165) is 24.9 Å². The van der Waals surface area contributed by atoms with Crippen molar-refractivity contribution in [3.8, 4) is 0 Å². The van der Waals surface area contributed by atoms with Gasteiger partial charge in [-0.2, -0.15) is 0 Å². The lowest BCUT2D eigenvalue weighted by Crippen LogP contribution is -2.48. The number of carbonyl (C=O) groups is 1. The van der Waals surface area contributed by atoms with E-state index in [0.29, 0.717) is 16.6 Å². The van der Waals surface area contributed by atoms with E-state index in [4.69, 9.17) is 16.7 Å². The van der Waals surface area contributed by atoms with Crippen LogP contribution in [-0.4, -0.2) is 29.4 Å². The number of fused-ring (bicyclic) bond motifs is 1. The fourth-order valence-electron chi connectivity index (χ4n) is 4.12. The number of rotatable bonds is 5. The molecule has 0 fully saturated rings. The van der Waals surface area contributed by atoms with Gasteiger partial charge in [-0.05, 0) is 74.1 Å². The van der Waals surface area contributed by atoms with E-state index in [9.17, 15) is 4.79 Å². The lowest BCUT2D eigenvalue weighted by molar-refractivity contribution is 0.0697. The molecule has 1 N–H and O–H groups in total. The second-order valence-corrected chi connectivity index (χ2v) is 8.52. The van der Waals surface area contributed by atoms with Crippen LogP contribution in [0.15, 0.2) is 41.4 Å². The van der Waals surface area contributed by atoms with E-state index in [1.165, 1.54) is 23.4 Å². The fourth-order valence-corrected chi connectivity index (χ4v) is 4.29. The Morgan fingerprint density at radius 2 is 2.07 bits per heavy atom. The number of hydrogen-bond acceptors (Lipinski definition) is 3. The molecule has 0 saturated heterocycles. The van der Waals surface area contributed by atoms with Crippen LogP contribution in [-0.2, 0) is 0 Å². The van der Waals surface area contributed by atoms with Crippen LogP contribution in [0.4, 0.5) is 11.4 Å². The first-order valence-electron chi connectivity index (χ1n) is 9.71. The van der Waals surface area contributed by atoms with Crippen LogP contribution in [0.2, 0.25) is 5.02 Å². The molecule has 3 rings (SSSR count). The number of nitrogens with zero attached hydrogens (tertiary/aromatic N) is 2. The lowest BCUT2D eigenvalue weighted by Gasteiger charge is -2.47. The molecule has 148 valence electrons. The van der Waals surface area contributed by atoms with Gasteiger partial charge in [0.05, 0.1) is 16.3 Å². The van der Waals surface area contributed by atoms with Gasteiger partial charge in [0.15, 0.2) is 0 Å². The first-order valence-corrected chi connectivity index (χ1v) is 10.1. The van der Waals surface area contributed by atoms with Crippen LogP contribution >= 0.6 is 11.6 Å². The standard InChI is InChI=1S/C23H27ClN2O2/c1-5-10-26-21-9-6-16(11-18(21)15(2)13-23(26,3)4)14-25-20-12-17(22(27)28)7-8-19(20)24/h6-9,11-12,14-15H,5,10,13H2,1-4H3,(H,27,28). The summed E-state index contributed by atoms with van der Waals surface area (Å²) >= 11 is 6.18. The number of anilines is 1. The molecule has 0 saturated carbocycles. The summed E-state index contributed by atoms with van der Waals surface area (Å²) in [5.74, 6) is -0.528. The zero-order valence-corrected chi connectivity index (χ0v) is 17.6. The zero-order valence-electron chi connectivity index (χ0n) is 16.9. The number of carboxylic acid groups (broad SMARTS) is 1. The van der Waals surface area contributed by atoms with E-state index in [1.807, 2.05) is 0 Å². The minimum Gasteiger partial charge on any atom is -0.478 e. The number of aliphatic imine (C=N–C) groups is 1. The predicted octanol–water partition coefficient (Wildman–Crippen LogP) is 6.29. The van der Waals surface area contributed by atoms with E-state index >= 15 is 0 Å². The Morgan fingerprint density at radius 1 is 1.32 bits per heavy atom. The predicted molar refractivity (Wildman–Crippen MR) is 117 cm³/mol. The van der Waals surface area contributed by atoms with Crippen LogP contribution in [0.5, 0.6) is 0 Å². The minimum absolute atomic E-state index is 0.142. The third-order valence-electron chi connectivity index (χ3n) is 5.40. The summed E-state index contributed by atoms with van der Waals surface area (Å²) in [7, 11) is 0. The molecular formula is C23H27ClN2O2. The Labute approximate surface area is 171 Å². The molecule has 0 spiro atoms. The smallest absolute Gasteiger partial charge is 0.335 e. The molecule has 0 radical (unpaired) electrons. The second kappa shape index (κ2) is 7.96. The van der Waals surface area contributed by atoms with Crippen molar-refractivity contribution in [3.05, 3.63) is 58.1 Å². The topological polar surface area (TPSA) is 52.9 Å². The number of carboxylic acids is 1. The highest BCUT2D eigenvalue weighted by Crippen LogP contribution is 2.43. The van der Waals surface area contributed by atoms with Gasteiger partial charge in [-0.15, -0.1) is 0 Å². The van der Waals surface area contributed by atoms with Gasteiger partial charge in [0, 0.05) is 24.0 Å². The normalized spacial score (nSPS) is 18.3. The van der Waals surface area contributed by atoms with Crippen LogP contribution in [0.1, 0.15) is 67.9 Å². The van der Waals surface area contributed by atoms with Crippen molar-refractivity contribution < 1.29 is 9.90 Å². The molecule has 0 bridgehead atoms. The van der Waals surface area contributed by atoms with Gasteiger partial charge in [-0.1, -0.05) is 31.5 Å². The number of hydrogen-bond donors (Lipinski definition) is 1. The quantitative estimate of drug-likeness (QED) is 0.602. The van der Waals surface area contributed by atoms with E-state index in [2.05, 4.69) is 55.8 Å². The molecule has 28 heavy (non-hydrogen) atoms. The van der Waals surface area contributed by atoms with Crippen LogP contribution in [0.25, 0.3) is 0 Å². The Morgan fingerprint density at radius 3 is 2.75 bits per heavy atom. The fraction of sp³-hybridized carbons (Fsp3) is 0.391. The molecule has 1 heterocycles. The summed E-state index contributed by atoms with van der Waals surface area (Å²) in [5.41, 5.74) is 4.39. The molecule has 0 aromatic heterocycles. The molecule has 0 aliphatic carbocycles. The van der Waals surface area contributed by atoms with E-state index in [1.54, 1.807) is 12.3 Å². The highest BCUT2D eigenvalue weighted by Gasteiger charge is 2.35. The van der Waals surface area contributed by atoms with Gasteiger partial charge in [0.1, 0.15) is 0 Å². The Hall–Kier alpha value is -2.33. The maximum Gasteiger partial charge on any atom is 0.335 e. The summed E-state index contributed by atoms with van der Waals surface area (Å²) in [6.07, 6.45) is 3.97. The average molecular weight is 399 g/mol. The third kappa shape index (κ3) is 4.07. The average Bonchev–Trinajstić information content (AvgIpc) is 2.64. The molecule has 4 nitrogen and oxygen atoms in total. The van der Waals surface area contributed by atoms with Crippen molar-refractivity contribution in [1.29, 1.82) is 0 Å². The Bertz CT molecular complexity index is 921. The molecule has 1 atom stereocenters. The minimum atomic E-state index is -0.991. The molecule has 1 aliphatic rings. The molecule has 2 aromatic rings. The van der Waals surface area contributed by atoms with Gasteiger partial charge in [-0.3, -0.25) is 4.99 Å². The second-order valence-electron chi connectivity index (χ2n) is 8.12. The van der Waals surface area contributed by atoms with Crippen LogP contribution in [0.3, 0.4) is 0 Å². The van der Waals surface area contributed by atoms with Gasteiger partial charge in [-0.25, -0.2) is 4.79 Å². The highest BCUT2D eigenvalue weighted by atomic mass is 35.5. The summed E-state index contributed by atoms with van der Waals surface area (Å²) in [6, 6.07) is 11.0. The Kier molecular flexibility index (Phi) is 5.80. The van der Waals surface area contributed by atoms with Gasteiger partial charge >= 0.3 is 5.97 Å². The summed E-state index contributed by atoms with van der Waals surface area (Å²) in [5, 5.41) is 9.59. The molecular weight excluding hydrogens is 372 g/mol. The third-order valence-corrected chi connectivity index (χ3v) is 5.72. The van der Waals surface area contributed by atoms with Gasteiger partial charge in [0.25, 0.3) is 0 Å². The van der Waals surface area contributed by atoms with Crippen molar-refractivity contribution in [3.63, 3.8) is 0 Å². The number of benzene rings is 2. The maximum atomic E-state index is 11.2. The van der Waals surface area contributed by atoms with Crippen LogP contribution in [0, 0.1) is 0 Å². The molecule has 5 heteroatoms. The zero-order chi connectivity index (χ0) is 20.5. The summed E-state index contributed by atoms with van der Waals surface area (Å²) in [4.78, 5) is 18.1. The van der Waals surface area contributed by atoms with Crippen molar-refractivity contribution in [2.45, 2.75) is 52.0 Å². The summed E-state index contributed by atoms with van der Waals surface area (Å²) < 4.78 is 0. The van der Waals surface area contributed by atoms with Gasteiger partial charge in [0.2, 0.25) is 0 Å². The maximum absolute atomic E-state index is 11.2. The highest BCUT2D eigenvalue weighted by molar-refractivity contribution is 6.33. The van der Waals surface area contributed by atoms with Crippen molar-refractivity contribution in [2.24, 2.45) is 4.99 Å². The lowest BCUT2D eigenvalue weighted by atomic mass is 9.79. The Balaban J connectivity index is 1.94. The van der Waals surface area contributed by atoms with Gasteiger partial charge < -0.3 is 10.0 Å². The molecule has 1 aliphatic heterocycles. The summed E-state index contributed by atoms with van der Waals surface area (Å²) in [6.45, 7) is 10.2. The number of aromatic carboxylic acids is 1. The first-order chi connectivity index (χ1) is 13.2. The monoisotopic (exact) mass is 398 g/mol. The molecule has 0 amide bonds. The van der Waals surface area contributed by atoms with Crippen molar-refractivity contribution in [2.75, 3.05) is 11.4 Å². The molecule has 2 aromatic carbocycles. The van der Waals surface area contributed by atoms with E-state index < -0.39 is 5.97 Å². The van der Waals surface area contributed by atoms with E-state index in [-0.39, 0.29) is 11.1 Å². The number of halogens is 1. The molecule has 1 unspecified atom stereocenters. The first kappa shape index (κ1) is 20.4. The van der Waals surface area contributed by atoms with Crippen LogP contribution < -0.4 is 4.90 Å². The van der Waals surface area contributed by atoms with Crippen molar-refractivity contribution in [1.82, 2.24) is 0 Å². The van der Waals surface area contributed by atoms with Crippen molar-refractivity contribution >= 4 is 35.2 Å².